The molecule has 7 heteroatoms. The molecule has 0 bridgehead atoms. The third-order valence-electron chi connectivity index (χ3n) is 4.61. The Morgan fingerprint density at radius 2 is 2.17 bits per heavy atom. The molecule has 0 amide bonds. The molecule has 1 fully saturated rings. The van der Waals surface area contributed by atoms with Crippen LogP contribution in [0.25, 0.3) is 0 Å². The molecule has 1 atom stereocenters. The van der Waals surface area contributed by atoms with E-state index in [0.29, 0.717) is 43.9 Å². The number of pyridine rings is 1. The van der Waals surface area contributed by atoms with E-state index in [9.17, 15) is 14.9 Å². The van der Waals surface area contributed by atoms with Gasteiger partial charge in [0.25, 0.3) is 5.56 Å². The topological polar surface area (TPSA) is 90.6 Å². The maximum Gasteiger partial charge on any atom is 0.313 e. The van der Waals surface area contributed by atoms with E-state index in [2.05, 4.69) is 0 Å². The summed E-state index contributed by atoms with van der Waals surface area (Å²) in [6.45, 7) is 5.14. The van der Waals surface area contributed by atoms with E-state index in [-0.39, 0.29) is 12.2 Å². The van der Waals surface area contributed by atoms with Crippen LogP contribution < -0.4 is 5.56 Å². The van der Waals surface area contributed by atoms with Gasteiger partial charge in [0.05, 0.1) is 31.4 Å². The molecule has 0 aromatic carbocycles. The number of carbonyl (C=O) groups excluding carboxylic acids is 1. The highest BCUT2D eigenvalue weighted by Gasteiger charge is 2.46. The number of carbonyl (C=O) groups is 1. The van der Waals surface area contributed by atoms with Crippen LogP contribution in [0.5, 0.6) is 0 Å². The summed E-state index contributed by atoms with van der Waals surface area (Å²) in [7, 11) is 0. The number of nitrogens with zero attached hydrogens (tertiary/aromatic N) is 2. The molecule has 1 aromatic heterocycles. The van der Waals surface area contributed by atoms with Crippen molar-refractivity contribution in [3.63, 3.8) is 0 Å². The molecule has 0 saturated carbocycles. The van der Waals surface area contributed by atoms with Gasteiger partial charge in [-0.2, -0.15) is 5.26 Å². The lowest BCUT2D eigenvalue weighted by molar-refractivity contribution is -0.163. The van der Waals surface area contributed by atoms with Crippen molar-refractivity contribution in [1.29, 1.82) is 5.26 Å². The van der Waals surface area contributed by atoms with E-state index >= 15 is 0 Å². The molecule has 1 spiro atoms. The molecule has 0 N–H and O–H groups in total. The van der Waals surface area contributed by atoms with Gasteiger partial charge in [-0.1, -0.05) is 6.92 Å². The van der Waals surface area contributed by atoms with Crippen molar-refractivity contribution < 1.29 is 19.0 Å². The fraction of sp³-hybridized carbons (Fsp3) is 0.588. The van der Waals surface area contributed by atoms with Crippen molar-refractivity contribution >= 4 is 5.97 Å². The number of nitriles is 1. The standard InChI is InChI=1S/C17H20N2O5/c1-3-11(16(21)22-4-2)12-9-14-17(23-7-8-24-17)5-6-19(14)15(20)13(12)10-18/h9,11H,3-8H2,1-2H3/t11-/m1/s1. The summed E-state index contributed by atoms with van der Waals surface area (Å²) in [5, 5.41) is 9.47. The number of rotatable bonds is 4. The smallest absolute Gasteiger partial charge is 0.313 e. The van der Waals surface area contributed by atoms with Crippen LogP contribution >= 0.6 is 0 Å². The minimum absolute atomic E-state index is 0.00583. The molecule has 2 aliphatic heterocycles. The Bertz CT molecular complexity index is 755. The molecule has 128 valence electrons. The van der Waals surface area contributed by atoms with Crippen molar-refractivity contribution in [3.8, 4) is 6.07 Å². The minimum atomic E-state index is -0.936. The van der Waals surface area contributed by atoms with Gasteiger partial charge < -0.3 is 18.8 Å². The third-order valence-corrected chi connectivity index (χ3v) is 4.61. The van der Waals surface area contributed by atoms with Crippen molar-refractivity contribution in [2.24, 2.45) is 0 Å². The molecule has 3 rings (SSSR count). The molecule has 2 aliphatic rings. The highest BCUT2D eigenvalue weighted by atomic mass is 16.7. The third kappa shape index (κ3) is 2.43. The number of hydrogen-bond acceptors (Lipinski definition) is 6. The highest BCUT2D eigenvalue weighted by Crippen LogP contribution is 2.40. The Hall–Kier alpha value is -2.17. The first-order chi connectivity index (χ1) is 11.6. The van der Waals surface area contributed by atoms with Crippen LogP contribution in [0.2, 0.25) is 0 Å². The Morgan fingerprint density at radius 1 is 1.46 bits per heavy atom. The van der Waals surface area contributed by atoms with Crippen LogP contribution in [0.4, 0.5) is 0 Å². The zero-order chi connectivity index (χ0) is 17.3. The van der Waals surface area contributed by atoms with Gasteiger partial charge in [-0.3, -0.25) is 9.59 Å². The van der Waals surface area contributed by atoms with Crippen LogP contribution in [-0.2, 0) is 31.3 Å². The van der Waals surface area contributed by atoms with E-state index in [1.807, 2.05) is 13.0 Å². The molecule has 7 nitrogen and oxygen atoms in total. The summed E-state index contributed by atoms with van der Waals surface area (Å²) in [6.07, 6.45) is 0.956. The van der Waals surface area contributed by atoms with Gasteiger partial charge in [-0.25, -0.2) is 0 Å². The van der Waals surface area contributed by atoms with Crippen molar-refractivity contribution in [2.75, 3.05) is 19.8 Å². The van der Waals surface area contributed by atoms with Gasteiger partial charge in [-0.15, -0.1) is 0 Å². The second kappa shape index (κ2) is 6.38. The SMILES string of the molecule is CCOC(=O)[C@H](CC)c1cc2n(c(=O)c1C#N)CCC21OCCO1. The second-order valence-corrected chi connectivity index (χ2v) is 5.84. The number of esters is 1. The van der Waals surface area contributed by atoms with Gasteiger partial charge in [0.15, 0.2) is 0 Å². The molecule has 0 radical (unpaired) electrons. The first-order valence-corrected chi connectivity index (χ1v) is 8.20. The summed E-state index contributed by atoms with van der Waals surface area (Å²) >= 11 is 0. The van der Waals surface area contributed by atoms with E-state index in [1.165, 1.54) is 4.57 Å². The van der Waals surface area contributed by atoms with Crippen LogP contribution in [-0.4, -0.2) is 30.4 Å². The average Bonchev–Trinajstić information content (AvgIpc) is 3.18. The van der Waals surface area contributed by atoms with Crippen LogP contribution in [0.15, 0.2) is 10.9 Å². The van der Waals surface area contributed by atoms with Gasteiger partial charge in [0.1, 0.15) is 11.6 Å². The maximum absolute atomic E-state index is 12.7. The second-order valence-electron chi connectivity index (χ2n) is 5.84. The molecule has 1 aromatic rings. The van der Waals surface area contributed by atoms with E-state index in [4.69, 9.17) is 14.2 Å². The predicted molar refractivity (Wildman–Crippen MR) is 83.3 cm³/mol. The van der Waals surface area contributed by atoms with Gasteiger partial charge in [0.2, 0.25) is 5.79 Å². The first kappa shape index (κ1) is 16.7. The summed E-state index contributed by atoms with van der Waals surface area (Å²) in [4.78, 5) is 25.0. The van der Waals surface area contributed by atoms with Crippen LogP contribution in [0, 0.1) is 11.3 Å². The summed E-state index contributed by atoms with van der Waals surface area (Å²) in [5.41, 5.74) is 0.578. The zero-order valence-electron chi connectivity index (χ0n) is 13.8. The Morgan fingerprint density at radius 3 is 2.75 bits per heavy atom. The van der Waals surface area contributed by atoms with E-state index < -0.39 is 23.2 Å². The van der Waals surface area contributed by atoms with Crippen molar-refractivity contribution in [3.05, 3.63) is 33.2 Å². The van der Waals surface area contributed by atoms with E-state index in [1.54, 1.807) is 13.0 Å². The van der Waals surface area contributed by atoms with Crippen molar-refractivity contribution in [1.82, 2.24) is 4.57 Å². The molecule has 0 aliphatic carbocycles. The largest absolute Gasteiger partial charge is 0.466 e. The Labute approximate surface area is 139 Å². The lowest BCUT2D eigenvalue weighted by Gasteiger charge is -2.23. The maximum atomic E-state index is 12.7. The molecular weight excluding hydrogens is 312 g/mol. The molecule has 0 unspecified atom stereocenters. The molecule has 24 heavy (non-hydrogen) atoms. The number of aromatic nitrogens is 1. The monoisotopic (exact) mass is 332 g/mol. The fourth-order valence-electron chi connectivity index (χ4n) is 3.48. The lowest BCUT2D eigenvalue weighted by atomic mass is 9.92. The van der Waals surface area contributed by atoms with Crippen LogP contribution in [0.1, 0.15) is 49.4 Å². The number of hydrogen-bond donors (Lipinski definition) is 0. The fourth-order valence-corrected chi connectivity index (χ4v) is 3.48. The summed E-state index contributed by atoms with van der Waals surface area (Å²) < 4.78 is 18.1. The molecule has 1 saturated heterocycles. The lowest BCUT2D eigenvalue weighted by Crippen LogP contribution is -2.31. The summed E-state index contributed by atoms with van der Waals surface area (Å²) in [6, 6.07) is 3.67. The predicted octanol–water partition coefficient (Wildman–Crippen LogP) is 1.38. The number of fused-ring (bicyclic) bond motifs is 2. The molecular formula is C17H20N2O5. The highest BCUT2D eigenvalue weighted by molar-refractivity contribution is 5.79. The zero-order valence-corrected chi connectivity index (χ0v) is 13.8. The molecule has 3 heterocycles. The average molecular weight is 332 g/mol. The van der Waals surface area contributed by atoms with Crippen LogP contribution in [0.3, 0.4) is 0 Å². The minimum Gasteiger partial charge on any atom is -0.466 e. The Balaban J connectivity index is 2.17. The van der Waals surface area contributed by atoms with Gasteiger partial charge in [-0.05, 0) is 25.0 Å². The normalized spacial score (nSPS) is 19.0. The number of ether oxygens (including phenoxy) is 3. The first-order valence-electron chi connectivity index (χ1n) is 8.20. The Kier molecular flexibility index (Phi) is 4.43. The van der Waals surface area contributed by atoms with Crippen molar-refractivity contribution in [2.45, 2.75) is 44.9 Å². The quantitative estimate of drug-likeness (QED) is 0.774. The van der Waals surface area contributed by atoms with Gasteiger partial charge in [0, 0.05) is 13.0 Å². The van der Waals surface area contributed by atoms with E-state index in [0.717, 1.165) is 0 Å². The van der Waals surface area contributed by atoms with Gasteiger partial charge >= 0.3 is 5.97 Å². The summed E-state index contributed by atoms with van der Waals surface area (Å²) in [5.74, 6) is -2.02.